The molecule has 0 bridgehead atoms. The Kier molecular flexibility index (Phi) is 5.37. The number of allylic oxidation sites excluding steroid dienone is 1. The maximum Gasteiger partial charge on any atom is 0.732 e. The minimum absolute atomic E-state index is 0.139. The molecule has 144 valence electrons. The standard InChI is InChI=1S/C17H23BF2N6O/c1-12-10-13(2)25-16(12)11-15-5-4-14(26(15)18(25,19)20)6-7-17(27)22-8-3-9-23-24-21/h4-5,10,16H,3,6-9,11H2,1-2H3,(H,22,27). The highest BCUT2D eigenvalue weighted by Gasteiger charge is 2.54. The minimum atomic E-state index is -3.92. The largest absolute Gasteiger partial charge is 0.732 e. The Balaban J connectivity index is 1.67. The van der Waals surface area contributed by atoms with Gasteiger partial charge in [0.2, 0.25) is 5.91 Å². The Morgan fingerprint density at radius 3 is 3.00 bits per heavy atom. The van der Waals surface area contributed by atoms with Gasteiger partial charge in [-0.1, -0.05) is 5.11 Å². The molecular formula is C17H23BF2N6O. The Hall–Kier alpha value is -2.61. The highest BCUT2D eigenvalue weighted by atomic mass is 19.2. The number of fused-ring (bicyclic) bond motifs is 2. The zero-order chi connectivity index (χ0) is 19.6. The smallest absolute Gasteiger partial charge is 0.397 e. The number of nitrogens with one attached hydrogen (secondary N) is 1. The van der Waals surface area contributed by atoms with Crippen molar-refractivity contribution >= 4 is 18.6 Å². The Morgan fingerprint density at radius 2 is 2.26 bits per heavy atom. The van der Waals surface area contributed by atoms with E-state index in [9.17, 15) is 4.79 Å². The van der Waals surface area contributed by atoms with E-state index < -0.39 is 6.97 Å². The molecule has 1 unspecified atom stereocenters. The molecule has 1 amide bonds. The van der Waals surface area contributed by atoms with Crippen LogP contribution in [0.15, 0.2) is 28.9 Å². The number of halogens is 2. The van der Waals surface area contributed by atoms with E-state index in [1.807, 2.05) is 13.0 Å². The highest BCUT2D eigenvalue weighted by molar-refractivity contribution is 6.57. The van der Waals surface area contributed by atoms with Crippen LogP contribution in [0.25, 0.3) is 10.4 Å². The van der Waals surface area contributed by atoms with E-state index in [-0.39, 0.29) is 24.8 Å². The summed E-state index contributed by atoms with van der Waals surface area (Å²) in [4.78, 5) is 14.6. The zero-order valence-electron chi connectivity index (χ0n) is 15.5. The van der Waals surface area contributed by atoms with Gasteiger partial charge in [0.1, 0.15) is 11.8 Å². The van der Waals surface area contributed by atoms with Gasteiger partial charge in [-0.3, -0.25) is 4.79 Å². The van der Waals surface area contributed by atoms with Crippen molar-refractivity contribution < 1.29 is 17.9 Å². The molecule has 3 heterocycles. The van der Waals surface area contributed by atoms with Crippen molar-refractivity contribution in [2.75, 3.05) is 13.1 Å². The lowest BCUT2D eigenvalue weighted by Crippen LogP contribution is -2.57. The first kappa shape index (κ1) is 19.2. The number of carbonyl (C=O) groups is 1. The molecule has 1 N–H and O–H groups in total. The molecule has 1 atom stereocenters. The average Bonchev–Trinajstić information content (AvgIpc) is 3.15. The second kappa shape index (κ2) is 7.56. The first-order chi connectivity index (χ1) is 12.9. The van der Waals surface area contributed by atoms with Crippen molar-refractivity contribution in [3.05, 3.63) is 45.6 Å². The van der Waals surface area contributed by atoms with E-state index in [0.717, 1.165) is 10.1 Å². The molecule has 0 saturated carbocycles. The third kappa shape index (κ3) is 3.62. The van der Waals surface area contributed by atoms with Gasteiger partial charge in [-0.25, -0.2) is 0 Å². The molecule has 2 aliphatic heterocycles. The molecule has 3 rings (SSSR count). The van der Waals surface area contributed by atoms with Gasteiger partial charge in [0, 0.05) is 43.8 Å². The third-order valence-corrected chi connectivity index (χ3v) is 5.27. The summed E-state index contributed by atoms with van der Waals surface area (Å²) in [6.45, 7) is 0.409. The SMILES string of the molecule is CC1=CC(C)=[N+]2C1Cc1ccc(CCC(=O)NCCCN=[N+]=[N-])n1[B-]2(F)F. The third-order valence-electron chi connectivity index (χ3n) is 5.27. The van der Waals surface area contributed by atoms with Crippen LogP contribution in [0, 0.1) is 0 Å². The molecule has 0 saturated heterocycles. The van der Waals surface area contributed by atoms with Crippen LogP contribution in [-0.2, 0) is 17.6 Å². The number of hydrogen-bond acceptors (Lipinski definition) is 2. The Bertz CT molecular complexity index is 869. The summed E-state index contributed by atoms with van der Waals surface area (Å²) in [6.07, 6.45) is 3.32. The van der Waals surface area contributed by atoms with E-state index in [4.69, 9.17) is 5.53 Å². The number of nitrogens with zero attached hydrogens (tertiary/aromatic N) is 5. The van der Waals surface area contributed by atoms with Crippen LogP contribution in [0.3, 0.4) is 0 Å². The number of carbonyl (C=O) groups excluding carboxylic acids is 1. The molecule has 27 heavy (non-hydrogen) atoms. The van der Waals surface area contributed by atoms with Crippen LogP contribution in [0.1, 0.15) is 38.1 Å². The van der Waals surface area contributed by atoms with Gasteiger partial charge < -0.3 is 22.9 Å². The normalized spacial score (nSPS) is 19.9. The van der Waals surface area contributed by atoms with Gasteiger partial charge in [0.05, 0.1) is 0 Å². The van der Waals surface area contributed by atoms with Crippen LogP contribution >= 0.6 is 0 Å². The predicted octanol–water partition coefficient (Wildman–Crippen LogP) is 2.82. The van der Waals surface area contributed by atoms with Crippen molar-refractivity contribution in [3.63, 3.8) is 0 Å². The maximum atomic E-state index is 15.3. The van der Waals surface area contributed by atoms with Crippen molar-refractivity contribution in [1.29, 1.82) is 0 Å². The van der Waals surface area contributed by atoms with E-state index in [1.165, 1.54) is 4.49 Å². The van der Waals surface area contributed by atoms with E-state index >= 15 is 8.63 Å². The van der Waals surface area contributed by atoms with Gasteiger partial charge in [-0.2, -0.15) is 0 Å². The second-order valence-corrected chi connectivity index (χ2v) is 7.09. The Labute approximate surface area is 156 Å². The molecule has 2 aliphatic rings. The first-order valence-electron chi connectivity index (χ1n) is 9.15. The van der Waals surface area contributed by atoms with E-state index in [0.29, 0.717) is 43.0 Å². The van der Waals surface area contributed by atoms with Crippen molar-refractivity contribution in [3.8, 4) is 0 Å². The number of amides is 1. The van der Waals surface area contributed by atoms with Crippen LogP contribution in [0.2, 0.25) is 0 Å². The summed E-state index contributed by atoms with van der Waals surface area (Å²) < 4.78 is 32.9. The van der Waals surface area contributed by atoms with Crippen LogP contribution in [-0.4, -0.2) is 46.7 Å². The van der Waals surface area contributed by atoms with Crippen LogP contribution in [0.4, 0.5) is 8.63 Å². The topological polar surface area (TPSA) is 85.8 Å². The van der Waals surface area contributed by atoms with Gasteiger partial charge in [-0.05, 0) is 54.4 Å². The molecule has 1 aromatic heterocycles. The highest BCUT2D eigenvalue weighted by Crippen LogP contribution is 2.34. The maximum absolute atomic E-state index is 15.3. The van der Waals surface area contributed by atoms with Crippen molar-refractivity contribution in [2.45, 2.75) is 45.6 Å². The van der Waals surface area contributed by atoms with Gasteiger partial charge in [0.25, 0.3) is 0 Å². The lowest BCUT2D eigenvalue weighted by molar-refractivity contribution is -0.459. The summed E-state index contributed by atoms with van der Waals surface area (Å²) in [5, 5.41) is 6.11. The van der Waals surface area contributed by atoms with Gasteiger partial charge in [-0.15, -0.1) is 0 Å². The van der Waals surface area contributed by atoms with Crippen LogP contribution < -0.4 is 5.32 Å². The fourth-order valence-electron chi connectivity index (χ4n) is 4.07. The van der Waals surface area contributed by atoms with E-state index in [2.05, 4.69) is 15.3 Å². The van der Waals surface area contributed by atoms with E-state index in [1.54, 1.807) is 19.1 Å². The molecule has 1 aromatic rings. The fraction of sp³-hybridized carbons (Fsp3) is 0.529. The van der Waals surface area contributed by atoms with Crippen molar-refractivity contribution in [2.24, 2.45) is 5.11 Å². The molecular weight excluding hydrogens is 353 g/mol. The molecule has 0 spiro atoms. The predicted molar refractivity (Wildman–Crippen MR) is 100.0 cm³/mol. The first-order valence-corrected chi connectivity index (χ1v) is 9.15. The minimum Gasteiger partial charge on any atom is -0.397 e. The molecule has 0 fully saturated rings. The van der Waals surface area contributed by atoms with Crippen molar-refractivity contribution in [1.82, 2.24) is 9.79 Å². The second-order valence-electron chi connectivity index (χ2n) is 7.09. The monoisotopic (exact) mass is 376 g/mol. The summed E-state index contributed by atoms with van der Waals surface area (Å²) in [5.74, 6) is -0.197. The van der Waals surface area contributed by atoms with Gasteiger partial charge >= 0.3 is 6.97 Å². The number of rotatable bonds is 7. The van der Waals surface area contributed by atoms with Crippen LogP contribution in [0.5, 0.6) is 0 Å². The molecule has 0 radical (unpaired) electrons. The lowest BCUT2D eigenvalue weighted by Gasteiger charge is -2.36. The number of azide groups is 1. The summed E-state index contributed by atoms with van der Waals surface area (Å²) >= 11 is 0. The average molecular weight is 376 g/mol. The number of hydrogen-bond donors (Lipinski definition) is 1. The quantitative estimate of drug-likeness (QED) is 0.256. The summed E-state index contributed by atoms with van der Waals surface area (Å²) in [6, 6.07) is 3.17. The fourth-order valence-corrected chi connectivity index (χ4v) is 4.07. The number of aromatic nitrogens is 1. The summed E-state index contributed by atoms with van der Waals surface area (Å²) in [7, 11) is 0. The zero-order valence-corrected chi connectivity index (χ0v) is 15.5. The van der Waals surface area contributed by atoms with Gasteiger partial charge in [0.15, 0.2) is 0 Å². The summed E-state index contributed by atoms with van der Waals surface area (Å²) in [5.41, 5.74) is 10.8. The number of aryl methyl sites for hydroxylation is 1. The molecule has 0 aromatic carbocycles. The Morgan fingerprint density at radius 1 is 1.48 bits per heavy atom. The molecule has 7 nitrogen and oxygen atoms in total. The molecule has 10 heteroatoms. The molecule has 0 aliphatic carbocycles. The lowest BCUT2D eigenvalue weighted by atomic mass is 9.85.